The van der Waals surface area contributed by atoms with E-state index >= 15 is 0 Å². The van der Waals surface area contributed by atoms with Crippen LogP contribution in [0, 0.1) is 24.1 Å². The van der Waals surface area contributed by atoms with Crippen LogP contribution in [0.15, 0.2) is 87.9 Å². The van der Waals surface area contributed by atoms with E-state index in [4.69, 9.17) is 0 Å². The zero-order valence-corrected chi connectivity index (χ0v) is 21.2. The molecule has 36 heavy (non-hydrogen) atoms. The number of rotatable bonds is 7. The Balaban J connectivity index is 1.59. The zero-order chi connectivity index (χ0) is 25.7. The van der Waals surface area contributed by atoms with Gasteiger partial charge < -0.3 is 16.0 Å². The average molecular weight is 519 g/mol. The number of allylic oxidation sites excluding steroid dienone is 2. The summed E-state index contributed by atoms with van der Waals surface area (Å²) in [4.78, 5) is 26.8. The highest BCUT2D eigenvalue weighted by atomic mass is 32.2. The number of carbonyl (C=O) groups is 2. The normalized spacial score (nSPS) is 15.2. The molecule has 2 aromatic carbocycles. The number of anilines is 2. The summed E-state index contributed by atoms with van der Waals surface area (Å²) in [5.74, 6) is -1.66. The molecule has 1 aliphatic heterocycles. The number of dihydropyridines is 1. The lowest BCUT2D eigenvalue weighted by molar-refractivity contribution is -0.114. The largest absolute Gasteiger partial charge is 0.353 e. The highest BCUT2D eigenvalue weighted by Crippen LogP contribution is 2.42. The van der Waals surface area contributed by atoms with E-state index in [9.17, 15) is 19.2 Å². The Morgan fingerprint density at radius 1 is 1.11 bits per heavy atom. The standard InChI is InChI=1S/C27H23FN4O2S2/c1-16-7-3-4-10-21(16)32-26(34)24-17(2)30-27(20(14-29)25(24)22-11-6-12-35-22)36-15-23(33)31-19-9-5-8-18(28)13-19/h3-13,25,30H,15H2,1-2H3,(H,31,33)(H,32,34)/t25-/m0/s1. The van der Waals surface area contributed by atoms with Crippen LogP contribution in [0.2, 0.25) is 0 Å². The van der Waals surface area contributed by atoms with Crippen molar-refractivity contribution in [3.63, 3.8) is 0 Å². The second-order valence-electron chi connectivity index (χ2n) is 8.08. The van der Waals surface area contributed by atoms with Crippen molar-refractivity contribution in [1.29, 1.82) is 5.26 Å². The van der Waals surface area contributed by atoms with Gasteiger partial charge in [0.15, 0.2) is 0 Å². The van der Waals surface area contributed by atoms with Crippen molar-refractivity contribution in [3.8, 4) is 6.07 Å². The van der Waals surface area contributed by atoms with Crippen LogP contribution in [0.5, 0.6) is 0 Å². The van der Waals surface area contributed by atoms with Crippen molar-refractivity contribution in [2.75, 3.05) is 16.4 Å². The molecule has 0 spiro atoms. The molecule has 4 rings (SSSR count). The van der Waals surface area contributed by atoms with E-state index in [2.05, 4.69) is 22.0 Å². The van der Waals surface area contributed by atoms with Gasteiger partial charge in [0.05, 0.1) is 28.3 Å². The summed E-state index contributed by atoms with van der Waals surface area (Å²) in [7, 11) is 0. The van der Waals surface area contributed by atoms with Crippen LogP contribution in [0.1, 0.15) is 23.3 Å². The monoisotopic (exact) mass is 518 g/mol. The number of aryl methyl sites for hydroxylation is 1. The summed E-state index contributed by atoms with van der Waals surface area (Å²) < 4.78 is 13.4. The Labute approximate surface area is 216 Å². The third-order valence-electron chi connectivity index (χ3n) is 5.57. The second-order valence-corrected chi connectivity index (χ2v) is 10.0. The van der Waals surface area contributed by atoms with Crippen LogP contribution in [-0.4, -0.2) is 17.6 Å². The molecule has 182 valence electrons. The van der Waals surface area contributed by atoms with Gasteiger partial charge in [-0.05, 0) is 55.1 Å². The Morgan fingerprint density at radius 2 is 1.92 bits per heavy atom. The summed E-state index contributed by atoms with van der Waals surface area (Å²) in [5.41, 5.74) is 3.40. The van der Waals surface area contributed by atoms with Gasteiger partial charge in [0.2, 0.25) is 5.91 Å². The number of hydrogen-bond donors (Lipinski definition) is 3. The fraction of sp³-hybridized carbons (Fsp3) is 0.148. The second kappa shape index (κ2) is 11.2. The summed E-state index contributed by atoms with van der Waals surface area (Å²) in [6, 6.07) is 19.2. The maximum atomic E-state index is 13.5. The first-order valence-corrected chi connectivity index (χ1v) is 12.9. The lowest BCUT2D eigenvalue weighted by Crippen LogP contribution is -2.31. The molecular formula is C27H23FN4O2S2. The molecule has 0 unspecified atom stereocenters. The third kappa shape index (κ3) is 5.67. The molecule has 0 saturated carbocycles. The Morgan fingerprint density at radius 3 is 2.61 bits per heavy atom. The van der Waals surface area contributed by atoms with E-state index in [0.717, 1.165) is 10.4 Å². The molecule has 2 heterocycles. The highest BCUT2D eigenvalue weighted by molar-refractivity contribution is 8.03. The van der Waals surface area contributed by atoms with E-state index in [-0.39, 0.29) is 17.6 Å². The Hall–Kier alpha value is -3.87. The van der Waals surface area contributed by atoms with Crippen molar-refractivity contribution in [2.24, 2.45) is 0 Å². The topological polar surface area (TPSA) is 94.0 Å². The predicted octanol–water partition coefficient (Wildman–Crippen LogP) is 5.90. The molecule has 0 radical (unpaired) electrons. The molecule has 0 fully saturated rings. The van der Waals surface area contributed by atoms with E-state index in [1.54, 1.807) is 13.0 Å². The summed E-state index contributed by atoms with van der Waals surface area (Å²) in [6.07, 6.45) is 0. The number of benzene rings is 2. The Bertz CT molecular complexity index is 1410. The van der Waals surface area contributed by atoms with Gasteiger partial charge in [-0.2, -0.15) is 5.26 Å². The van der Waals surface area contributed by atoms with Gasteiger partial charge >= 0.3 is 0 Å². The minimum Gasteiger partial charge on any atom is -0.353 e. The fourth-order valence-corrected chi connectivity index (χ4v) is 5.61. The molecule has 1 aliphatic rings. The Kier molecular flexibility index (Phi) is 7.88. The lowest BCUT2D eigenvalue weighted by Gasteiger charge is -2.29. The maximum Gasteiger partial charge on any atom is 0.254 e. The van der Waals surface area contributed by atoms with E-state index in [1.165, 1.54) is 41.3 Å². The van der Waals surface area contributed by atoms with Crippen molar-refractivity contribution in [1.82, 2.24) is 5.32 Å². The first-order chi connectivity index (χ1) is 17.4. The van der Waals surface area contributed by atoms with Crippen LogP contribution in [0.25, 0.3) is 0 Å². The molecule has 3 aromatic rings. The summed E-state index contributed by atoms with van der Waals surface area (Å²) in [6.45, 7) is 3.70. The highest BCUT2D eigenvalue weighted by Gasteiger charge is 2.35. The quantitative estimate of drug-likeness (QED) is 0.362. The van der Waals surface area contributed by atoms with E-state index in [1.807, 2.05) is 48.7 Å². The van der Waals surface area contributed by atoms with E-state index in [0.29, 0.717) is 33.2 Å². The van der Waals surface area contributed by atoms with Gasteiger partial charge in [0.1, 0.15) is 5.82 Å². The fourth-order valence-electron chi connectivity index (χ4n) is 3.87. The number of amides is 2. The SMILES string of the molecule is CC1=C(C(=O)Nc2ccccc2C)[C@H](c2cccs2)C(C#N)=C(SCC(=O)Nc2cccc(F)c2)N1. The molecule has 0 aliphatic carbocycles. The number of halogens is 1. The van der Waals surface area contributed by atoms with Gasteiger partial charge in [0, 0.05) is 27.5 Å². The number of para-hydroxylation sites is 1. The molecule has 1 atom stereocenters. The number of nitrogens with one attached hydrogen (secondary N) is 3. The van der Waals surface area contributed by atoms with E-state index < -0.39 is 11.7 Å². The first kappa shape index (κ1) is 25.2. The van der Waals surface area contributed by atoms with Crippen molar-refractivity contribution < 1.29 is 14.0 Å². The first-order valence-electron chi connectivity index (χ1n) is 11.1. The molecule has 3 N–H and O–H groups in total. The average Bonchev–Trinajstić information content (AvgIpc) is 3.38. The number of hydrogen-bond acceptors (Lipinski definition) is 6. The molecule has 0 saturated heterocycles. The van der Waals surface area contributed by atoms with Crippen LogP contribution in [0.3, 0.4) is 0 Å². The summed E-state index contributed by atoms with van der Waals surface area (Å²) in [5, 5.41) is 21.3. The molecule has 2 amide bonds. The smallest absolute Gasteiger partial charge is 0.254 e. The number of nitriles is 1. The third-order valence-corrected chi connectivity index (χ3v) is 7.52. The van der Waals surface area contributed by atoms with Gasteiger partial charge in [-0.15, -0.1) is 11.3 Å². The number of thiophene rings is 1. The molecule has 6 nitrogen and oxygen atoms in total. The van der Waals surface area contributed by atoms with Crippen molar-refractivity contribution >= 4 is 46.3 Å². The van der Waals surface area contributed by atoms with Crippen molar-refractivity contribution in [3.05, 3.63) is 104 Å². The maximum absolute atomic E-state index is 13.5. The van der Waals surface area contributed by atoms with Gasteiger partial charge in [0.25, 0.3) is 5.91 Å². The minimum atomic E-state index is -0.575. The minimum absolute atomic E-state index is 0.000787. The van der Waals surface area contributed by atoms with Crippen molar-refractivity contribution in [2.45, 2.75) is 19.8 Å². The zero-order valence-electron chi connectivity index (χ0n) is 19.6. The van der Waals surface area contributed by atoms with Gasteiger partial charge in [-0.1, -0.05) is 42.1 Å². The van der Waals surface area contributed by atoms with Crippen LogP contribution >= 0.6 is 23.1 Å². The van der Waals surface area contributed by atoms with Gasteiger partial charge in [-0.3, -0.25) is 9.59 Å². The molecular weight excluding hydrogens is 495 g/mol. The lowest BCUT2D eigenvalue weighted by atomic mass is 9.86. The molecule has 9 heteroatoms. The van der Waals surface area contributed by atoms with Crippen LogP contribution in [0.4, 0.5) is 15.8 Å². The molecule has 0 bridgehead atoms. The van der Waals surface area contributed by atoms with Crippen LogP contribution < -0.4 is 16.0 Å². The number of carbonyl (C=O) groups excluding carboxylic acids is 2. The van der Waals surface area contributed by atoms with Crippen LogP contribution in [-0.2, 0) is 9.59 Å². The van der Waals surface area contributed by atoms with Gasteiger partial charge in [-0.25, -0.2) is 4.39 Å². The summed E-state index contributed by atoms with van der Waals surface area (Å²) >= 11 is 2.63. The predicted molar refractivity (Wildman–Crippen MR) is 143 cm³/mol. The molecule has 1 aromatic heterocycles. The number of thioether (sulfide) groups is 1. The number of nitrogens with zero attached hydrogens (tertiary/aromatic N) is 1.